The van der Waals surface area contributed by atoms with E-state index in [-0.39, 0.29) is 0 Å². The number of carbonyl (C=O) groups is 1. The maximum absolute atomic E-state index is 11.5. The summed E-state index contributed by atoms with van der Waals surface area (Å²) >= 11 is 0. The SMILES string of the molecule is C=C=CN(C(=O)OC)c1cc(C)cc(C)c1. The van der Waals surface area contributed by atoms with E-state index >= 15 is 0 Å². The maximum atomic E-state index is 11.5. The lowest BCUT2D eigenvalue weighted by Gasteiger charge is -2.17. The first-order chi connectivity index (χ1) is 7.58. The third kappa shape index (κ3) is 2.75. The Morgan fingerprint density at radius 1 is 1.38 bits per heavy atom. The van der Waals surface area contributed by atoms with Gasteiger partial charge in [0, 0.05) is 0 Å². The molecule has 84 valence electrons. The van der Waals surface area contributed by atoms with Gasteiger partial charge in [0.15, 0.2) is 0 Å². The van der Waals surface area contributed by atoms with Crippen LogP contribution in [-0.2, 0) is 4.74 Å². The molecule has 0 saturated heterocycles. The summed E-state index contributed by atoms with van der Waals surface area (Å²) in [6, 6.07) is 5.84. The zero-order chi connectivity index (χ0) is 12.1. The highest BCUT2D eigenvalue weighted by Crippen LogP contribution is 2.19. The molecule has 0 fully saturated rings. The summed E-state index contributed by atoms with van der Waals surface area (Å²) in [4.78, 5) is 12.9. The first kappa shape index (κ1) is 12.1. The van der Waals surface area contributed by atoms with Crippen molar-refractivity contribution in [3.05, 3.63) is 47.8 Å². The number of amides is 1. The van der Waals surface area contributed by atoms with Gasteiger partial charge in [-0.3, -0.25) is 0 Å². The van der Waals surface area contributed by atoms with Crippen LogP contribution in [0.5, 0.6) is 0 Å². The molecule has 0 heterocycles. The molecule has 0 atom stereocenters. The van der Waals surface area contributed by atoms with Gasteiger partial charge in [-0.2, -0.15) is 0 Å². The quantitative estimate of drug-likeness (QED) is 0.712. The van der Waals surface area contributed by atoms with Crippen LogP contribution < -0.4 is 4.90 Å². The second-order valence-electron chi connectivity index (χ2n) is 3.52. The van der Waals surface area contributed by atoms with Crippen LogP contribution in [0, 0.1) is 13.8 Å². The Morgan fingerprint density at radius 2 is 1.94 bits per heavy atom. The lowest BCUT2D eigenvalue weighted by Crippen LogP contribution is -2.24. The van der Waals surface area contributed by atoms with Crippen LogP contribution in [0.2, 0.25) is 0 Å². The highest BCUT2D eigenvalue weighted by Gasteiger charge is 2.13. The second kappa shape index (κ2) is 5.19. The molecule has 1 aromatic rings. The smallest absolute Gasteiger partial charge is 0.418 e. The molecule has 0 spiro atoms. The van der Waals surface area contributed by atoms with Crippen molar-refractivity contribution >= 4 is 11.8 Å². The van der Waals surface area contributed by atoms with E-state index in [0.717, 1.165) is 16.8 Å². The third-order valence-corrected chi connectivity index (χ3v) is 2.08. The molecule has 1 amide bonds. The lowest BCUT2D eigenvalue weighted by atomic mass is 10.1. The molecular weight excluding hydrogens is 202 g/mol. The van der Waals surface area contributed by atoms with Crippen LogP contribution in [0.4, 0.5) is 10.5 Å². The van der Waals surface area contributed by atoms with E-state index in [1.54, 1.807) is 0 Å². The Hall–Kier alpha value is -1.99. The van der Waals surface area contributed by atoms with Crippen LogP contribution in [0.3, 0.4) is 0 Å². The number of benzene rings is 1. The van der Waals surface area contributed by atoms with Crippen molar-refractivity contribution in [2.24, 2.45) is 0 Å². The number of nitrogens with zero attached hydrogens (tertiary/aromatic N) is 1. The molecule has 0 N–H and O–H groups in total. The van der Waals surface area contributed by atoms with Gasteiger partial charge in [0.05, 0.1) is 19.0 Å². The molecule has 1 rings (SSSR count). The van der Waals surface area contributed by atoms with Crippen LogP contribution in [0.25, 0.3) is 0 Å². The van der Waals surface area contributed by atoms with Crippen LogP contribution >= 0.6 is 0 Å². The Kier molecular flexibility index (Phi) is 3.92. The van der Waals surface area contributed by atoms with Gasteiger partial charge >= 0.3 is 6.09 Å². The van der Waals surface area contributed by atoms with Crippen LogP contribution in [0.1, 0.15) is 11.1 Å². The van der Waals surface area contributed by atoms with Crippen molar-refractivity contribution in [1.82, 2.24) is 0 Å². The van der Waals surface area contributed by atoms with E-state index in [4.69, 9.17) is 0 Å². The summed E-state index contributed by atoms with van der Waals surface area (Å²) in [5.41, 5.74) is 5.49. The van der Waals surface area contributed by atoms with Gasteiger partial charge in [0.1, 0.15) is 0 Å². The van der Waals surface area contributed by atoms with E-state index in [9.17, 15) is 4.79 Å². The van der Waals surface area contributed by atoms with Gasteiger partial charge in [-0.25, -0.2) is 9.69 Å². The summed E-state index contributed by atoms with van der Waals surface area (Å²) in [6.07, 6.45) is 1.00. The molecular formula is C13H15NO2. The number of carbonyl (C=O) groups excluding carboxylic acids is 1. The Labute approximate surface area is 95.6 Å². The highest BCUT2D eigenvalue weighted by molar-refractivity contribution is 5.89. The Morgan fingerprint density at radius 3 is 2.38 bits per heavy atom. The van der Waals surface area contributed by atoms with E-state index in [2.05, 4.69) is 17.0 Å². The van der Waals surface area contributed by atoms with Gasteiger partial charge in [0.25, 0.3) is 0 Å². The molecule has 3 heteroatoms. The topological polar surface area (TPSA) is 29.5 Å². The molecule has 0 unspecified atom stereocenters. The first-order valence-electron chi connectivity index (χ1n) is 4.90. The zero-order valence-electron chi connectivity index (χ0n) is 9.78. The maximum Gasteiger partial charge on any atom is 0.418 e. The molecule has 0 aliphatic carbocycles. The molecule has 0 aliphatic rings. The number of anilines is 1. The Bertz CT molecular complexity index is 425. The predicted octanol–water partition coefficient (Wildman–Crippen LogP) is 3.17. The number of hydrogen-bond acceptors (Lipinski definition) is 2. The van der Waals surface area contributed by atoms with Crippen molar-refractivity contribution in [2.75, 3.05) is 12.0 Å². The van der Waals surface area contributed by atoms with E-state index in [1.165, 1.54) is 18.2 Å². The van der Waals surface area contributed by atoms with E-state index in [1.807, 2.05) is 32.0 Å². The standard InChI is InChI=1S/C13H15NO2/c1-5-6-14(13(15)16-4)12-8-10(2)7-11(3)9-12/h6-9H,1H2,2-4H3. The summed E-state index contributed by atoms with van der Waals surface area (Å²) in [7, 11) is 1.34. The molecule has 0 radical (unpaired) electrons. The first-order valence-corrected chi connectivity index (χ1v) is 4.90. The van der Waals surface area contributed by atoms with E-state index < -0.39 is 6.09 Å². The third-order valence-electron chi connectivity index (χ3n) is 2.08. The number of methoxy groups -OCH3 is 1. The fourth-order valence-electron chi connectivity index (χ4n) is 1.51. The van der Waals surface area contributed by atoms with Crippen LogP contribution in [-0.4, -0.2) is 13.2 Å². The zero-order valence-corrected chi connectivity index (χ0v) is 9.78. The minimum Gasteiger partial charge on any atom is -0.452 e. The minimum atomic E-state index is -0.457. The predicted molar refractivity (Wildman–Crippen MR) is 64.5 cm³/mol. The van der Waals surface area contributed by atoms with Gasteiger partial charge in [-0.15, -0.1) is 5.73 Å². The van der Waals surface area contributed by atoms with Crippen molar-refractivity contribution < 1.29 is 9.53 Å². The fraction of sp³-hybridized carbons (Fsp3) is 0.231. The van der Waals surface area contributed by atoms with Crippen molar-refractivity contribution in [1.29, 1.82) is 0 Å². The largest absolute Gasteiger partial charge is 0.452 e. The molecule has 0 aromatic heterocycles. The van der Waals surface area contributed by atoms with Crippen molar-refractivity contribution in [3.63, 3.8) is 0 Å². The van der Waals surface area contributed by atoms with Crippen molar-refractivity contribution in [3.8, 4) is 0 Å². The second-order valence-corrected chi connectivity index (χ2v) is 3.52. The molecule has 0 saturated carbocycles. The number of rotatable bonds is 2. The summed E-state index contributed by atoms with van der Waals surface area (Å²) in [6.45, 7) is 7.41. The average molecular weight is 217 g/mol. The normalized spacial score (nSPS) is 9.19. The number of hydrogen-bond donors (Lipinski definition) is 0. The Balaban J connectivity index is 3.20. The molecule has 1 aromatic carbocycles. The summed E-state index contributed by atoms with van der Waals surface area (Å²) in [5.74, 6) is 0. The molecule has 3 nitrogen and oxygen atoms in total. The minimum absolute atomic E-state index is 0.457. The van der Waals surface area contributed by atoms with Crippen LogP contribution in [0.15, 0.2) is 36.7 Å². The molecule has 0 bridgehead atoms. The monoisotopic (exact) mass is 217 g/mol. The number of aryl methyl sites for hydroxylation is 2. The van der Waals surface area contributed by atoms with Crippen molar-refractivity contribution in [2.45, 2.75) is 13.8 Å². The van der Waals surface area contributed by atoms with Gasteiger partial charge in [0.2, 0.25) is 0 Å². The summed E-state index contributed by atoms with van der Waals surface area (Å²) < 4.78 is 4.69. The van der Waals surface area contributed by atoms with E-state index in [0.29, 0.717) is 0 Å². The summed E-state index contributed by atoms with van der Waals surface area (Å²) in [5, 5.41) is 0. The lowest BCUT2D eigenvalue weighted by molar-refractivity contribution is 0.181. The van der Waals surface area contributed by atoms with Gasteiger partial charge in [-0.05, 0) is 37.1 Å². The fourth-order valence-corrected chi connectivity index (χ4v) is 1.51. The van der Waals surface area contributed by atoms with Gasteiger partial charge in [-0.1, -0.05) is 12.6 Å². The highest BCUT2D eigenvalue weighted by atomic mass is 16.5. The van der Waals surface area contributed by atoms with Gasteiger partial charge < -0.3 is 4.74 Å². The molecule has 0 aliphatic heterocycles. The average Bonchev–Trinajstić information content (AvgIpc) is 2.23. The number of ether oxygens (including phenoxy) is 1. The molecule has 16 heavy (non-hydrogen) atoms.